The van der Waals surface area contributed by atoms with Gasteiger partial charge in [0.15, 0.2) is 0 Å². The summed E-state index contributed by atoms with van der Waals surface area (Å²) in [6.07, 6.45) is 0.302. The minimum Gasteiger partial charge on any atom is -0.399 e. The first kappa shape index (κ1) is 16.4. The number of aromatic nitrogens is 2. The van der Waals surface area contributed by atoms with E-state index >= 15 is 0 Å². The van der Waals surface area contributed by atoms with Crippen LogP contribution in [0.1, 0.15) is 30.3 Å². The van der Waals surface area contributed by atoms with E-state index in [2.05, 4.69) is 15.5 Å². The van der Waals surface area contributed by atoms with Crippen LogP contribution in [0.3, 0.4) is 0 Å². The van der Waals surface area contributed by atoms with Crippen LogP contribution in [0, 0.1) is 0 Å². The Kier molecular flexibility index (Phi) is 5.91. The highest BCUT2D eigenvalue weighted by Crippen LogP contribution is 2.22. The highest BCUT2D eigenvalue weighted by Gasteiger charge is 2.10. The average molecular weight is 313 g/mol. The van der Waals surface area contributed by atoms with Gasteiger partial charge in [0.1, 0.15) is 5.01 Å². The van der Waals surface area contributed by atoms with E-state index in [1.54, 1.807) is 12.1 Å². The quantitative estimate of drug-likeness (QED) is 0.851. The van der Waals surface area contributed by atoms with E-state index in [9.17, 15) is 4.79 Å². The Balaban J connectivity index is 0.00000200. The average Bonchev–Trinajstić information content (AvgIpc) is 2.80. The zero-order valence-electron chi connectivity index (χ0n) is 11.3. The van der Waals surface area contributed by atoms with Gasteiger partial charge in [0, 0.05) is 11.6 Å². The standard InChI is InChI=1S/C13H16N4OS.ClH/c1-8(2)12-16-17-13(19-12)15-11(18)7-9-3-5-10(14)6-4-9;/h3-6,8H,7,14H2,1-2H3,(H,15,17,18);1H. The van der Waals surface area contributed by atoms with Crippen LogP contribution in [0.15, 0.2) is 24.3 Å². The van der Waals surface area contributed by atoms with Gasteiger partial charge in [-0.15, -0.1) is 22.6 Å². The second-order valence-corrected chi connectivity index (χ2v) is 5.58. The molecule has 0 saturated heterocycles. The molecule has 20 heavy (non-hydrogen) atoms. The molecule has 0 saturated carbocycles. The van der Waals surface area contributed by atoms with Crippen molar-refractivity contribution < 1.29 is 4.79 Å². The van der Waals surface area contributed by atoms with E-state index in [0.717, 1.165) is 10.6 Å². The number of benzene rings is 1. The summed E-state index contributed by atoms with van der Waals surface area (Å²) in [5.74, 6) is 0.219. The Morgan fingerprint density at radius 1 is 1.30 bits per heavy atom. The first-order chi connectivity index (χ1) is 9.04. The van der Waals surface area contributed by atoms with Crippen molar-refractivity contribution in [3.05, 3.63) is 34.8 Å². The van der Waals surface area contributed by atoms with Crippen molar-refractivity contribution in [2.24, 2.45) is 0 Å². The summed E-state index contributed by atoms with van der Waals surface area (Å²) in [7, 11) is 0. The Morgan fingerprint density at radius 2 is 1.95 bits per heavy atom. The first-order valence-electron chi connectivity index (χ1n) is 6.02. The number of hydrogen-bond donors (Lipinski definition) is 2. The van der Waals surface area contributed by atoms with Crippen LogP contribution >= 0.6 is 23.7 Å². The molecule has 108 valence electrons. The van der Waals surface area contributed by atoms with Gasteiger partial charge in [-0.1, -0.05) is 37.3 Å². The van der Waals surface area contributed by atoms with Gasteiger partial charge in [0.05, 0.1) is 6.42 Å². The Hall–Kier alpha value is -1.66. The molecule has 5 nitrogen and oxygen atoms in total. The second kappa shape index (κ2) is 7.21. The predicted molar refractivity (Wildman–Crippen MR) is 84.4 cm³/mol. The summed E-state index contributed by atoms with van der Waals surface area (Å²) in [6, 6.07) is 7.25. The molecule has 2 rings (SSSR count). The van der Waals surface area contributed by atoms with Crippen molar-refractivity contribution in [3.63, 3.8) is 0 Å². The van der Waals surface area contributed by atoms with E-state index in [-0.39, 0.29) is 18.3 Å². The summed E-state index contributed by atoms with van der Waals surface area (Å²) >= 11 is 1.41. The lowest BCUT2D eigenvalue weighted by Crippen LogP contribution is -2.14. The number of nitrogens with zero attached hydrogens (tertiary/aromatic N) is 2. The fraction of sp³-hybridized carbons (Fsp3) is 0.308. The molecule has 0 aliphatic rings. The Bertz CT molecular complexity index is 568. The monoisotopic (exact) mass is 312 g/mol. The molecule has 2 aromatic rings. The number of carbonyl (C=O) groups excluding carboxylic acids is 1. The fourth-order valence-corrected chi connectivity index (χ4v) is 2.26. The van der Waals surface area contributed by atoms with Crippen molar-refractivity contribution in [3.8, 4) is 0 Å². The molecular formula is C13H17ClN4OS. The van der Waals surface area contributed by atoms with Crippen LogP contribution in [-0.2, 0) is 11.2 Å². The van der Waals surface area contributed by atoms with Gasteiger partial charge in [0.2, 0.25) is 11.0 Å². The lowest BCUT2D eigenvalue weighted by Gasteiger charge is -2.02. The molecule has 1 amide bonds. The van der Waals surface area contributed by atoms with Gasteiger partial charge in [-0.3, -0.25) is 4.79 Å². The van der Waals surface area contributed by atoms with Crippen molar-refractivity contribution in [1.29, 1.82) is 0 Å². The molecule has 0 bridgehead atoms. The lowest BCUT2D eigenvalue weighted by molar-refractivity contribution is -0.115. The third-order valence-corrected chi connectivity index (χ3v) is 3.66. The first-order valence-corrected chi connectivity index (χ1v) is 6.84. The summed E-state index contributed by atoms with van der Waals surface area (Å²) in [5.41, 5.74) is 7.20. The molecule has 0 fully saturated rings. The summed E-state index contributed by atoms with van der Waals surface area (Å²) < 4.78 is 0. The maximum absolute atomic E-state index is 11.8. The third kappa shape index (κ3) is 4.47. The second-order valence-electron chi connectivity index (χ2n) is 4.57. The molecule has 0 spiro atoms. The van der Waals surface area contributed by atoms with Gasteiger partial charge in [0.25, 0.3) is 0 Å². The van der Waals surface area contributed by atoms with Gasteiger partial charge < -0.3 is 11.1 Å². The number of anilines is 2. The molecule has 7 heteroatoms. The van der Waals surface area contributed by atoms with Crippen LogP contribution in [0.4, 0.5) is 10.8 Å². The van der Waals surface area contributed by atoms with Crippen LogP contribution in [-0.4, -0.2) is 16.1 Å². The minimum absolute atomic E-state index is 0. The van der Waals surface area contributed by atoms with E-state index in [1.807, 2.05) is 26.0 Å². The molecule has 0 unspecified atom stereocenters. The number of halogens is 1. The minimum atomic E-state index is -0.101. The number of nitrogen functional groups attached to an aromatic ring is 1. The van der Waals surface area contributed by atoms with E-state index in [0.29, 0.717) is 23.2 Å². The zero-order chi connectivity index (χ0) is 13.8. The zero-order valence-corrected chi connectivity index (χ0v) is 12.9. The van der Waals surface area contributed by atoms with E-state index in [4.69, 9.17) is 5.73 Å². The molecule has 1 aromatic carbocycles. The van der Waals surface area contributed by atoms with Gasteiger partial charge in [-0.05, 0) is 17.7 Å². The molecule has 1 aromatic heterocycles. The molecule has 0 aliphatic heterocycles. The van der Waals surface area contributed by atoms with Gasteiger partial charge in [-0.2, -0.15) is 0 Å². The smallest absolute Gasteiger partial charge is 0.230 e. The van der Waals surface area contributed by atoms with Crippen LogP contribution in [0.2, 0.25) is 0 Å². The maximum atomic E-state index is 11.8. The van der Waals surface area contributed by atoms with Crippen LogP contribution in [0.5, 0.6) is 0 Å². The van der Waals surface area contributed by atoms with Crippen molar-refractivity contribution >= 4 is 40.5 Å². The Labute approximate surface area is 128 Å². The third-order valence-electron chi connectivity index (χ3n) is 2.53. The molecule has 3 N–H and O–H groups in total. The maximum Gasteiger partial charge on any atom is 0.230 e. The van der Waals surface area contributed by atoms with Gasteiger partial charge >= 0.3 is 0 Å². The number of amides is 1. The van der Waals surface area contributed by atoms with Crippen LogP contribution in [0.25, 0.3) is 0 Å². The fourth-order valence-electron chi connectivity index (χ4n) is 1.50. The highest BCUT2D eigenvalue weighted by atomic mass is 35.5. The topological polar surface area (TPSA) is 80.9 Å². The molecule has 0 aliphatic carbocycles. The van der Waals surface area contributed by atoms with E-state index in [1.165, 1.54) is 11.3 Å². The number of hydrogen-bond acceptors (Lipinski definition) is 5. The summed E-state index contributed by atoms with van der Waals surface area (Å²) in [4.78, 5) is 11.8. The SMILES string of the molecule is CC(C)c1nnc(NC(=O)Cc2ccc(N)cc2)s1.Cl. The molecule has 1 heterocycles. The number of carbonyl (C=O) groups is 1. The largest absolute Gasteiger partial charge is 0.399 e. The van der Waals surface area contributed by atoms with Crippen molar-refractivity contribution in [2.75, 3.05) is 11.1 Å². The predicted octanol–water partition coefficient (Wildman–Crippen LogP) is 2.85. The van der Waals surface area contributed by atoms with Crippen LogP contribution < -0.4 is 11.1 Å². The molecule has 0 radical (unpaired) electrons. The van der Waals surface area contributed by atoms with Gasteiger partial charge in [-0.25, -0.2) is 0 Å². The Morgan fingerprint density at radius 3 is 2.50 bits per heavy atom. The molecular weight excluding hydrogens is 296 g/mol. The molecule has 0 atom stereocenters. The number of rotatable bonds is 4. The van der Waals surface area contributed by atoms with E-state index < -0.39 is 0 Å². The number of nitrogens with one attached hydrogen (secondary N) is 1. The van der Waals surface area contributed by atoms with Crippen molar-refractivity contribution in [2.45, 2.75) is 26.2 Å². The normalized spacial score (nSPS) is 10.2. The summed E-state index contributed by atoms with van der Waals surface area (Å²) in [5, 5.41) is 12.2. The van der Waals surface area contributed by atoms with Crippen molar-refractivity contribution in [1.82, 2.24) is 10.2 Å². The lowest BCUT2D eigenvalue weighted by atomic mass is 10.1. The highest BCUT2D eigenvalue weighted by molar-refractivity contribution is 7.15. The summed E-state index contributed by atoms with van der Waals surface area (Å²) in [6.45, 7) is 4.08. The number of nitrogens with two attached hydrogens (primary N) is 1.